The van der Waals surface area contributed by atoms with E-state index < -0.39 is 0 Å². The minimum absolute atomic E-state index is 0.727. The number of benzene rings is 2. The van der Waals surface area contributed by atoms with E-state index in [2.05, 4.69) is 41.1 Å². The van der Waals surface area contributed by atoms with Crippen LogP contribution in [0.3, 0.4) is 0 Å². The van der Waals surface area contributed by atoms with Gasteiger partial charge in [0.05, 0.1) is 11.6 Å². The molecule has 0 heterocycles. The van der Waals surface area contributed by atoms with Crippen LogP contribution < -0.4 is 0 Å². The molecule has 0 aliphatic carbocycles. The quantitative estimate of drug-likeness (QED) is 0.750. The fourth-order valence-electron chi connectivity index (χ4n) is 1.62. The fraction of sp³-hybridized carbons (Fsp3) is 0.133. The van der Waals surface area contributed by atoms with E-state index in [9.17, 15) is 0 Å². The van der Waals surface area contributed by atoms with Crippen LogP contribution in [-0.2, 0) is 5.75 Å². The van der Waals surface area contributed by atoms with E-state index in [1.165, 1.54) is 16.0 Å². The lowest BCUT2D eigenvalue weighted by Crippen LogP contribution is -1.88. The highest BCUT2D eigenvalue weighted by molar-refractivity contribution is 9.10. The molecule has 0 fully saturated rings. The van der Waals surface area contributed by atoms with Gasteiger partial charge in [-0.3, -0.25) is 0 Å². The van der Waals surface area contributed by atoms with Gasteiger partial charge in [-0.05, 0) is 54.4 Å². The van der Waals surface area contributed by atoms with E-state index in [-0.39, 0.29) is 0 Å². The molecule has 18 heavy (non-hydrogen) atoms. The summed E-state index contributed by atoms with van der Waals surface area (Å²) in [5.74, 6) is 0.930. The molecule has 0 aliphatic heterocycles. The normalized spacial score (nSPS) is 10.1. The minimum Gasteiger partial charge on any atom is -0.192 e. The maximum atomic E-state index is 8.83. The summed E-state index contributed by atoms with van der Waals surface area (Å²) in [6.07, 6.45) is 0. The van der Waals surface area contributed by atoms with Crippen molar-refractivity contribution in [2.45, 2.75) is 17.6 Å². The second kappa shape index (κ2) is 6.08. The van der Waals surface area contributed by atoms with Crippen LogP contribution in [0, 0.1) is 18.3 Å². The second-order valence-electron chi connectivity index (χ2n) is 4.00. The molecule has 0 unspecified atom stereocenters. The van der Waals surface area contributed by atoms with E-state index in [0.29, 0.717) is 0 Å². The van der Waals surface area contributed by atoms with Crippen LogP contribution in [0.15, 0.2) is 51.8 Å². The minimum atomic E-state index is 0.727. The van der Waals surface area contributed by atoms with Gasteiger partial charge in [-0.25, -0.2) is 0 Å². The average Bonchev–Trinajstić information content (AvgIpc) is 2.39. The van der Waals surface area contributed by atoms with Crippen molar-refractivity contribution in [3.05, 3.63) is 63.6 Å². The van der Waals surface area contributed by atoms with E-state index in [1.54, 1.807) is 11.8 Å². The Morgan fingerprint density at radius 3 is 2.50 bits per heavy atom. The lowest BCUT2D eigenvalue weighted by molar-refractivity contribution is 1.29. The van der Waals surface area contributed by atoms with Gasteiger partial charge < -0.3 is 0 Å². The van der Waals surface area contributed by atoms with Crippen molar-refractivity contribution in [2.75, 3.05) is 0 Å². The van der Waals surface area contributed by atoms with Gasteiger partial charge in [0.2, 0.25) is 0 Å². The summed E-state index contributed by atoms with van der Waals surface area (Å²) in [7, 11) is 0. The van der Waals surface area contributed by atoms with E-state index in [0.717, 1.165) is 15.8 Å². The van der Waals surface area contributed by atoms with Crippen molar-refractivity contribution < 1.29 is 0 Å². The molecule has 2 aromatic rings. The second-order valence-corrected chi connectivity index (χ2v) is 5.96. The zero-order valence-electron chi connectivity index (χ0n) is 9.98. The third-order valence-corrected chi connectivity index (χ3v) is 4.27. The predicted octanol–water partition coefficient (Wildman–Crippen LogP) is 4.92. The molecule has 0 atom stereocenters. The molecule has 2 aromatic carbocycles. The molecule has 0 spiro atoms. The summed E-state index contributed by atoms with van der Waals surface area (Å²) in [6, 6.07) is 16.3. The Balaban J connectivity index is 2.06. The smallest absolute Gasteiger partial charge is 0.0991 e. The molecule has 0 radical (unpaired) electrons. The van der Waals surface area contributed by atoms with Crippen molar-refractivity contribution in [1.82, 2.24) is 0 Å². The maximum absolute atomic E-state index is 8.83. The zero-order valence-corrected chi connectivity index (χ0v) is 12.4. The number of rotatable bonds is 3. The Labute approximate surface area is 120 Å². The van der Waals surface area contributed by atoms with Crippen molar-refractivity contribution in [2.24, 2.45) is 0 Å². The molecular formula is C15H12BrNS. The Kier molecular flexibility index (Phi) is 4.46. The number of halogens is 1. The molecule has 90 valence electrons. The largest absolute Gasteiger partial charge is 0.192 e. The van der Waals surface area contributed by atoms with Crippen LogP contribution in [-0.4, -0.2) is 0 Å². The highest BCUT2D eigenvalue weighted by atomic mass is 79.9. The lowest BCUT2D eigenvalue weighted by atomic mass is 10.1. The molecule has 0 N–H and O–H groups in total. The average molecular weight is 318 g/mol. The molecule has 0 saturated carbocycles. The summed E-state index contributed by atoms with van der Waals surface area (Å²) in [5, 5.41) is 8.83. The highest BCUT2D eigenvalue weighted by Gasteiger charge is 2.01. The summed E-state index contributed by atoms with van der Waals surface area (Å²) >= 11 is 5.24. The highest BCUT2D eigenvalue weighted by Crippen LogP contribution is 2.25. The zero-order chi connectivity index (χ0) is 13.0. The predicted molar refractivity (Wildman–Crippen MR) is 79.6 cm³/mol. The van der Waals surface area contributed by atoms with E-state index >= 15 is 0 Å². The van der Waals surface area contributed by atoms with Crippen molar-refractivity contribution in [3.63, 3.8) is 0 Å². The van der Waals surface area contributed by atoms with Gasteiger partial charge in [0.15, 0.2) is 0 Å². The Morgan fingerprint density at radius 2 is 1.89 bits per heavy atom. The summed E-state index contributed by atoms with van der Waals surface area (Å²) in [5.41, 5.74) is 3.19. The van der Waals surface area contributed by atoms with Gasteiger partial charge in [-0.1, -0.05) is 22.0 Å². The molecule has 2 rings (SSSR count). The van der Waals surface area contributed by atoms with Crippen molar-refractivity contribution in [1.29, 1.82) is 5.26 Å². The van der Waals surface area contributed by atoms with Gasteiger partial charge in [0.25, 0.3) is 0 Å². The molecule has 1 nitrogen and oxygen atoms in total. The number of hydrogen-bond donors (Lipinski definition) is 0. The number of nitrogens with zero attached hydrogens (tertiary/aromatic N) is 1. The fourth-order valence-corrected chi connectivity index (χ4v) is 2.86. The molecule has 0 aromatic heterocycles. The van der Waals surface area contributed by atoms with Gasteiger partial charge >= 0.3 is 0 Å². The van der Waals surface area contributed by atoms with Crippen LogP contribution in [0.2, 0.25) is 0 Å². The molecule has 0 aliphatic rings. The number of hydrogen-bond acceptors (Lipinski definition) is 2. The van der Waals surface area contributed by atoms with E-state index in [1.807, 2.05) is 30.3 Å². The molecule has 3 heteroatoms. The summed E-state index contributed by atoms with van der Waals surface area (Å²) < 4.78 is 1.10. The van der Waals surface area contributed by atoms with E-state index in [4.69, 9.17) is 5.26 Å². The van der Waals surface area contributed by atoms with Crippen LogP contribution in [0.5, 0.6) is 0 Å². The first-order valence-electron chi connectivity index (χ1n) is 5.57. The first kappa shape index (κ1) is 13.2. The summed E-state index contributed by atoms with van der Waals surface area (Å²) in [4.78, 5) is 1.25. The number of aryl methyl sites for hydroxylation is 1. The lowest BCUT2D eigenvalue weighted by Gasteiger charge is -2.06. The van der Waals surface area contributed by atoms with Crippen LogP contribution in [0.1, 0.15) is 16.7 Å². The van der Waals surface area contributed by atoms with Crippen LogP contribution in [0.4, 0.5) is 0 Å². The van der Waals surface area contributed by atoms with Gasteiger partial charge in [-0.2, -0.15) is 5.26 Å². The van der Waals surface area contributed by atoms with Crippen LogP contribution >= 0.6 is 27.7 Å². The van der Waals surface area contributed by atoms with Crippen molar-refractivity contribution in [3.8, 4) is 6.07 Å². The van der Waals surface area contributed by atoms with Crippen molar-refractivity contribution >= 4 is 27.7 Å². The van der Waals surface area contributed by atoms with Crippen LogP contribution in [0.25, 0.3) is 0 Å². The molecule has 0 amide bonds. The SMILES string of the molecule is Cc1cc(C#N)ccc1CSc1ccc(Br)cc1. The molecule has 0 bridgehead atoms. The monoisotopic (exact) mass is 317 g/mol. The molecular weight excluding hydrogens is 306 g/mol. The first-order valence-corrected chi connectivity index (χ1v) is 7.35. The number of thioether (sulfide) groups is 1. The summed E-state index contributed by atoms with van der Waals surface area (Å²) in [6.45, 7) is 2.05. The Hall–Kier alpha value is -1.24. The molecule has 0 saturated heterocycles. The number of nitriles is 1. The Bertz CT molecular complexity index is 584. The van der Waals surface area contributed by atoms with Gasteiger partial charge in [0, 0.05) is 15.1 Å². The first-order chi connectivity index (χ1) is 8.69. The topological polar surface area (TPSA) is 23.8 Å². The Morgan fingerprint density at radius 1 is 1.17 bits per heavy atom. The standard InChI is InChI=1S/C15H12BrNS/c1-11-8-12(9-17)2-3-13(11)10-18-15-6-4-14(16)5-7-15/h2-8H,10H2,1H3. The van der Waals surface area contributed by atoms with Gasteiger partial charge in [0.1, 0.15) is 0 Å². The third-order valence-electron chi connectivity index (χ3n) is 2.68. The third kappa shape index (κ3) is 3.38. The van der Waals surface area contributed by atoms with Gasteiger partial charge in [-0.15, -0.1) is 11.8 Å². The maximum Gasteiger partial charge on any atom is 0.0991 e.